The first-order valence-corrected chi connectivity index (χ1v) is 3.86. The van der Waals surface area contributed by atoms with Crippen LogP contribution < -0.4 is 0 Å². The van der Waals surface area contributed by atoms with Crippen LogP contribution in [0.25, 0.3) is 0 Å². The molecule has 1 unspecified atom stereocenters. The van der Waals surface area contributed by atoms with Crippen molar-refractivity contribution < 1.29 is 4.55 Å². The molecule has 1 aromatic heterocycles. The Morgan fingerprint density at radius 2 is 2.67 bits per heavy atom. The Bertz CT molecular complexity index is 117. The van der Waals surface area contributed by atoms with Gasteiger partial charge in [-0.15, -0.1) is 4.03 Å². The van der Waals surface area contributed by atoms with Gasteiger partial charge in [-0.2, -0.15) is 0 Å². The van der Waals surface area contributed by atoms with Crippen molar-refractivity contribution in [3.05, 3.63) is 11.1 Å². The van der Waals surface area contributed by atoms with Gasteiger partial charge in [0.15, 0.2) is 5.38 Å². The summed E-state index contributed by atoms with van der Waals surface area (Å²) in [6.07, 6.45) is 0. The molecule has 1 aromatic rings. The van der Waals surface area contributed by atoms with Crippen molar-refractivity contribution in [3.8, 4) is 0 Å². The third-order valence-corrected chi connectivity index (χ3v) is 2.80. The van der Waals surface area contributed by atoms with E-state index in [1.165, 1.54) is 0 Å². The summed E-state index contributed by atoms with van der Waals surface area (Å²) in [5.41, 5.74) is 1.87. The molecule has 1 rings (SSSR count). The minimum Gasteiger partial charge on any atom is -0.570 e. The van der Waals surface area contributed by atoms with Crippen LogP contribution in [-0.4, -0.2) is 17.9 Å². The highest BCUT2D eigenvalue weighted by atomic mass is 32.2. The summed E-state index contributed by atoms with van der Waals surface area (Å²) < 4.78 is 13.8. The van der Waals surface area contributed by atoms with Gasteiger partial charge in [0.05, 0.1) is 0 Å². The van der Waals surface area contributed by atoms with E-state index in [0.717, 1.165) is 0 Å². The van der Waals surface area contributed by atoms with E-state index in [0.29, 0.717) is 0 Å². The maximum Gasteiger partial charge on any atom is 0.218 e. The van der Waals surface area contributed by atoms with E-state index in [-0.39, 0.29) is 9.29 Å². The Balaban J connectivity index is 3.05. The van der Waals surface area contributed by atoms with Crippen LogP contribution in [0, 0.1) is 0 Å². The predicted octanol–water partition coefficient (Wildman–Crippen LogP) is -0.120. The second-order valence-corrected chi connectivity index (χ2v) is 3.21. The lowest BCUT2D eigenvalue weighted by atomic mass is 11.2. The zero-order chi connectivity index (χ0) is 4.41. The van der Waals surface area contributed by atoms with Crippen LogP contribution >= 0.6 is 10.9 Å². The number of hydrogen-bond donors (Lipinski definition) is 0. The van der Waals surface area contributed by atoms with Gasteiger partial charge in [0.2, 0.25) is 9.29 Å². The third-order valence-electron chi connectivity index (χ3n) is 0.446. The summed E-state index contributed by atoms with van der Waals surface area (Å²) >= 11 is 0. The monoisotopic (exact) mass is 117 g/mol. The maximum atomic E-state index is 10.1. The summed E-state index contributed by atoms with van der Waals surface area (Å²) in [6.45, 7) is 0. The van der Waals surface area contributed by atoms with Gasteiger partial charge in [0.1, 0.15) is 0 Å². The maximum absolute atomic E-state index is 10.1. The Hall–Kier alpha value is -0.0631. The molecular formula is C2H3NOSSi. The summed E-state index contributed by atoms with van der Waals surface area (Å²) in [6, 6.07) is 0. The average molecular weight is 117 g/mol. The smallest absolute Gasteiger partial charge is 0.218 e. The Morgan fingerprint density at radius 1 is 1.83 bits per heavy atom. The molecule has 6 heavy (non-hydrogen) atoms. The molecule has 0 bridgehead atoms. The molecule has 1 atom stereocenters. The van der Waals surface area contributed by atoms with E-state index < -0.39 is 10.9 Å². The fourth-order valence-electron chi connectivity index (χ4n) is 0.233. The molecule has 32 valence electrons. The van der Waals surface area contributed by atoms with Crippen molar-refractivity contribution in [1.29, 1.82) is 0 Å². The minimum atomic E-state index is -0.941. The molecule has 0 aliphatic rings. The zero-order valence-electron chi connectivity index (χ0n) is 3.00. The highest BCUT2D eigenvalue weighted by Crippen LogP contribution is 1.97. The Labute approximate surface area is 40.6 Å². The van der Waals surface area contributed by atoms with Gasteiger partial charge >= 0.3 is 0 Å². The third kappa shape index (κ3) is 0.706. The van der Waals surface area contributed by atoms with Crippen molar-refractivity contribution in [3.63, 3.8) is 0 Å². The molecule has 4 heteroatoms. The number of aromatic nitrogens is 1. The molecule has 0 spiro atoms. The van der Waals surface area contributed by atoms with Gasteiger partial charge in [-0.05, 0) is 5.68 Å². The van der Waals surface area contributed by atoms with Gasteiger partial charge in [0, 0.05) is 10.9 Å². The van der Waals surface area contributed by atoms with Crippen LogP contribution in [0.4, 0.5) is 0 Å². The van der Waals surface area contributed by atoms with Crippen LogP contribution in [0.1, 0.15) is 0 Å². The van der Waals surface area contributed by atoms with Crippen LogP contribution in [0.3, 0.4) is 0 Å². The van der Waals surface area contributed by atoms with Crippen LogP contribution in [0.2, 0.25) is 0 Å². The highest BCUT2D eigenvalue weighted by Gasteiger charge is 1.80. The van der Waals surface area contributed by atoms with E-state index in [1.54, 1.807) is 5.38 Å². The van der Waals surface area contributed by atoms with E-state index >= 15 is 0 Å². The Morgan fingerprint density at radius 3 is 2.83 bits per heavy atom. The highest BCUT2D eigenvalue weighted by molar-refractivity contribution is 7.19. The molecule has 0 fully saturated rings. The van der Waals surface area contributed by atoms with Crippen molar-refractivity contribution in [2.75, 3.05) is 0 Å². The van der Waals surface area contributed by atoms with Crippen molar-refractivity contribution >= 4 is 20.2 Å². The molecule has 1 heterocycles. The SMILES string of the molecule is [O-][s+]1cc[siH]n1. The van der Waals surface area contributed by atoms with Gasteiger partial charge in [-0.25, -0.2) is 0 Å². The molecule has 0 amide bonds. The molecule has 0 radical (unpaired) electrons. The molecule has 0 N–H and O–H groups in total. The van der Waals surface area contributed by atoms with E-state index in [2.05, 4.69) is 4.03 Å². The largest absolute Gasteiger partial charge is 0.570 e. The molecule has 0 aliphatic carbocycles. The van der Waals surface area contributed by atoms with Gasteiger partial charge in [0.25, 0.3) is 0 Å². The van der Waals surface area contributed by atoms with E-state index in [1.807, 2.05) is 5.68 Å². The molecule has 0 aliphatic heterocycles. The van der Waals surface area contributed by atoms with Gasteiger partial charge < -0.3 is 4.55 Å². The predicted molar refractivity (Wildman–Crippen MR) is 25.6 cm³/mol. The summed E-state index contributed by atoms with van der Waals surface area (Å²) in [5, 5.41) is 1.62. The van der Waals surface area contributed by atoms with Crippen LogP contribution in [0.15, 0.2) is 11.1 Å². The normalized spacial score (nSPS) is 11.8. The summed E-state index contributed by atoms with van der Waals surface area (Å²) in [4.78, 5) is 0. The van der Waals surface area contributed by atoms with Crippen LogP contribution in [0.5, 0.6) is 0 Å². The number of nitrogens with zero attached hydrogens (tertiary/aromatic N) is 1. The first kappa shape index (κ1) is 4.11. The number of rotatable bonds is 0. The van der Waals surface area contributed by atoms with Crippen LogP contribution in [-0.2, 0) is 0 Å². The fraction of sp³-hybridized carbons (Fsp3) is 0. The fourth-order valence-corrected chi connectivity index (χ4v) is 2.09. The molecule has 2 nitrogen and oxygen atoms in total. The molecule has 0 aromatic carbocycles. The summed E-state index contributed by atoms with van der Waals surface area (Å²) in [5.74, 6) is 0. The Kier molecular flexibility index (Phi) is 1.09. The second-order valence-electron chi connectivity index (χ2n) is 0.859. The van der Waals surface area contributed by atoms with Gasteiger partial charge in [-0.1, -0.05) is 0 Å². The standard InChI is InChI=1S/C2H3NOSSi/c4-5-1-2-6-3-5/h1-2,6H. The van der Waals surface area contributed by atoms with Gasteiger partial charge in [-0.3, -0.25) is 0 Å². The topological polar surface area (TPSA) is 36.0 Å². The van der Waals surface area contributed by atoms with Crippen molar-refractivity contribution in [1.82, 2.24) is 4.03 Å². The molecule has 0 saturated heterocycles. The quantitative estimate of drug-likeness (QED) is 0.351. The van der Waals surface area contributed by atoms with E-state index in [9.17, 15) is 4.55 Å². The lowest BCUT2D eigenvalue weighted by Crippen LogP contribution is -1.60. The van der Waals surface area contributed by atoms with E-state index in [4.69, 9.17) is 0 Å². The second kappa shape index (κ2) is 1.59. The summed E-state index contributed by atoms with van der Waals surface area (Å²) in [7, 11) is -0.905. The average Bonchev–Trinajstić information content (AvgIpc) is 1.86. The lowest BCUT2D eigenvalue weighted by molar-refractivity contribution is 0.592. The first-order chi connectivity index (χ1) is 2.89. The zero-order valence-corrected chi connectivity index (χ0v) is 4.97. The van der Waals surface area contributed by atoms with Crippen molar-refractivity contribution in [2.24, 2.45) is 0 Å². The number of hydrogen-bond acceptors (Lipinski definition) is 2. The molecule has 0 saturated carbocycles. The minimum absolute atomic E-state index is 0.0367. The lowest BCUT2D eigenvalue weighted by Gasteiger charge is -1.72. The first-order valence-electron chi connectivity index (χ1n) is 1.51. The molecular weight excluding hydrogens is 114 g/mol. The van der Waals surface area contributed by atoms with Crippen molar-refractivity contribution in [2.45, 2.75) is 0 Å².